The third kappa shape index (κ3) is 4.63. The van der Waals surface area contributed by atoms with Gasteiger partial charge in [-0.2, -0.15) is 0 Å². The van der Waals surface area contributed by atoms with Crippen LogP contribution >= 0.6 is 22.4 Å². The number of carboxylic acid groups (broad SMARTS) is 1. The highest BCUT2D eigenvalue weighted by molar-refractivity contribution is 8.17. The van der Waals surface area contributed by atoms with E-state index in [1.54, 1.807) is 19.9 Å². The van der Waals surface area contributed by atoms with Crippen LogP contribution in [0.15, 0.2) is 11.0 Å². The standard InChI is InChI=1S/C22H29N5O7S2/c1-4-7-25-8-9-26(18(31)17(25)30)21(34)24-36-10-5-6-12(36)11-13(28)23-14-16(29)27-15(20(32)33)22(2,3)35-19(14)27/h6,10,14-15,19H,4-5,7-9,11H2,1-3H3,(H,23,28)(H,24,34)(H,32,33)/t14-,15+,19-,36?/m1/s1. The molecule has 0 spiro atoms. The Morgan fingerprint density at radius 1 is 1.19 bits per heavy atom. The quantitative estimate of drug-likeness (QED) is 0.233. The van der Waals surface area contributed by atoms with Crippen molar-refractivity contribution in [1.29, 1.82) is 0 Å². The van der Waals surface area contributed by atoms with Crippen molar-refractivity contribution < 1.29 is 33.9 Å². The van der Waals surface area contributed by atoms with E-state index in [-0.39, 0.29) is 19.5 Å². The highest BCUT2D eigenvalue weighted by Gasteiger charge is 2.64. The summed E-state index contributed by atoms with van der Waals surface area (Å²) in [6.45, 7) is 6.25. The molecule has 0 bridgehead atoms. The van der Waals surface area contributed by atoms with Gasteiger partial charge in [-0.05, 0) is 32.1 Å². The van der Waals surface area contributed by atoms with Crippen molar-refractivity contribution >= 4 is 63.4 Å². The number of carbonyl (C=O) groups is 6. The molecule has 3 N–H and O–H groups in total. The van der Waals surface area contributed by atoms with Gasteiger partial charge >= 0.3 is 23.8 Å². The first-order chi connectivity index (χ1) is 17.0. The van der Waals surface area contributed by atoms with Crippen LogP contribution in [-0.2, 0) is 24.0 Å². The van der Waals surface area contributed by atoms with Gasteiger partial charge in [0.15, 0.2) is 0 Å². The van der Waals surface area contributed by atoms with Crippen LogP contribution in [0.25, 0.3) is 0 Å². The van der Waals surface area contributed by atoms with Crippen LogP contribution in [0, 0.1) is 0 Å². The third-order valence-corrected chi connectivity index (χ3v) is 9.83. The lowest BCUT2D eigenvalue weighted by atomic mass is 9.96. The summed E-state index contributed by atoms with van der Waals surface area (Å²) < 4.78 is 2.04. The molecule has 36 heavy (non-hydrogen) atoms. The monoisotopic (exact) mass is 539 g/mol. The molecule has 0 aliphatic carbocycles. The zero-order valence-electron chi connectivity index (χ0n) is 20.2. The van der Waals surface area contributed by atoms with Gasteiger partial charge in [-0.15, -0.1) is 11.8 Å². The van der Waals surface area contributed by atoms with Crippen molar-refractivity contribution in [2.24, 2.45) is 0 Å². The van der Waals surface area contributed by atoms with Gasteiger partial charge in [0.2, 0.25) is 11.8 Å². The van der Waals surface area contributed by atoms with Crippen LogP contribution in [0.5, 0.6) is 0 Å². The number of amides is 6. The topological polar surface area (TPSA) is 156 Å². The molecule has 0 aromatic heterocycles. The van der Waals surface area contributed by atoms with Crippen LogP contribution in [0.3, 0.4) is 0 Å². The minimum Gasteiger partial charge on any atom is -0.480 e. The van der Waals surface area contributed by atoms with E-state index < -0.39 is 68.5 Å². The number of carbonyl (C=O) groups excluding carboxylic acids is 5. The van der Waals surface area contributed by atoms with Gasteiger partial charge in [0.05, 0.1) is 6.42 Å². The molecule has 3 fully saturated rings. The number of nitrogens with one attached hydrogen (secondary N) is 2. The van der Waals surface area contributed by atoms with Crippen LogP contribution in [-0.4, -0.2) is 103 Å². The second-order valence-electron chi connectivity index (χ2n) is 9.39. The average Bonchev–Trinajstić information content (AvgIpc) is 3.34. The summed E-state index contributed by atoms with van der Waals surface area (Å²) in [6, 6.07) is -2.46. The number of allylic oxidation sites excluding steroid dienone is 1. The van der Waals surface area contributed by atoms with Crippen molar-refractivity contribution in [3.63, 3.8) is 0 Å². The predicted octanol–water partition coefficient (Wildman–Crippen LogP) is 0.0723. The molecule has 196 valence electrons. The Morgan fingerprint density at radius 2 is 1.92 bits per heavy atom. The number of urea groups is 1. The smallest absolute Gasteiger partial charge is 0.334 e. The molecule has 4 rings (SSSR count). The van der Waals surface area contributed by atoms with Crippen LogP contribution in [0.2, 0.25) is 0 Å². The number of aliphatic carboxylic acids is 1. The first-order valence-electron chi connectivity index (χ1n) is 11.6. The fourth-order valence-electron chi connectivity index (χ4n) is 4.76. The molecule has 0 radical (unpaired) electrons. The van der Waals surface area contributed by atoms with E-state index in [4.69, 9.17) is 0 Å². The van der Waals surface area contributed by atoms with E-state index in [2.05, 4.69) is 10.0 Å². The van der Waals surface area contributed by atoms with E-state index in [1.165, 1.54) is 21.6 Å². The second kappa shape index (κ2) is 9.88. The summed E-state index contributed by atoms with van der Waals surface area (Å²) >= 11 is 1.34. The van der Waals surface area contributed by atoms with Crippen LogP contribution < -0.4 is 10.0 Å². The molecular weight excluding hydrogens is 510 g/mol. The third-order valence-electron chi connectivity index (χ3n) is 6.46. The number of piperazine rings is 1. The molecule has 14 heteroatoms. The fraction of sp³-hybridized carbons (Fsp3) is 0.591. The lowest BCUT2D eigenvalue weighted by molar-refractivity contribution is -0.161. The summed E-state index contributed by atoms with van der Waals surface area (Å²) in [5.41, 5.74) is 0. The number of fused-ring (bicyclic) bond motifs is 1. The number of hydrogen-bond donors (Lipinski definition) is 3. The molecule has 0 aromatic rings. The van der Waals surface area contributed by atoms with Gasteiger partial charge in [-0.1, -0.05) is 23.7 Å². The predicted molar refractivity (Wildman–Crippen MR) is 134 cm³/mol. The van der Waals surface area contributed by atoms with Crippen molar-refractivity contribution in [3.8, 4) is 0 Å². The number of imide groups is 1. The zero-order chi connectivity index (χ0) is 26.4. The largest absolute Gasteiger partial charge is 0.480 e. The molecule has 4 aliphatic heterocycles. The Kier molecular flexibility index (Phi) is 7.19. The average molecular weight is 540 g/mol. The maximum absolute atomic E-state index is 12.8. The maximum atomic E-state index is 12.8. The normalized spacial score (nSPS) is 28.8. The molecule has 4 heterocycles. The van der Waals surface area contributed by atoms with Crippen molar-refractivity contribution in [3.05, 3.63) is 11.0 Å². The van der Waals surface area contributed by atoms with E-state index in [1.807, 2.05) is 12.3 Å². The fourth-order valence-corrected chi connectivity index (χ4v) is 7.96. The van der Waals surface area contributed by atoms with E-state index >= 15 is 0 Å². The van der Waals surface area contributed by atoms with Crippen LogP contribution in [0.4, 0.5) is 4.79 Å². The first kappa shape index (κ1) is 26.2. The minimum atomic E-state index is -1.08. The number of β-lactam (4-membered cyclic amide) rings is 1. The highest BCUT2D eigenvalue weighted by Crippen LogP contribution is 2.50. The van der Waals surface area contributed by atoms with E-state index in [0.717, 1.165) is 4.90 Å². The van der Waals surface area contributed by atoms with Gasteiger partial charge in [-0.3, -0.25) is 28.8 Å². The molecule has 0 aromatic carbocycles. The molecule has 12 nitrogen and oxygen atoms in total. The Balaban J connectivity index is 1.32. The molecule has 3 saturated heterocycles. The van der Waals surface area contributed by atoms with Gasteiger partial charge in [-0.25, -0.2) is 9.59 Å². The SMILES string of the molecule is CCCN1CCN(C(=O)NS2=CCC=C2CC(=O)N[C@@H]2C(=O)N3[C@@H]2SC(C)(C)[C@@H]3C(=O)O)C(=O)C1=O. The summed E-state index contributed by atoms with van der Waals surface area (Å²) in [5.74, 6) is -3.50. The first-order valence-corrected chi connectivity index (χ1v) is 13.8. The van der Waals surface area contributed by atoms with Gasteiger partial charge in [0.1, 0.15) is 17.5 Å². The Bertz CT molecular complexity index is 1100. The maximum Gasteiger partial charge on any atom is 0.334 e. The van der Waals surface area contributed by atoms with Gasteiger partial charge < -0.3 is 20.2 Å². The van der Waals surface area contributed by atoms with E-state index in [9.17, 15) is 33.9 Å². The number of nitrogens with zero attached hydrogens (tertiary/aromatic N) is 3. The summed E-state index contributed by atoms with van der Waals surface area (Å²) in [7, 11) is -0.914. The summed E-state index contributed by atoms with van der Waals surface area (Å²) in [6.07, 6.45) is 2.97. The van der Waals surface area contributed by atoms with Crippen molar-refractivity contribution in [2.75, 3.05) is 19.6 Å². The number of rotatable bonds is 7. The Labute approximate surface area is 214 Å². The lowest BCUT2D eigenvalue weighted by Crippen LogP contribution is -2.70. The molecule has 6 amide bonds. The van der Waals surface area contributed by atoms with Crippen molar-refractivity contribution in [2.45, 2.75) is 62.2 Å². The highest BCUT2D eigenvalue weighted by atomic mass is 32.2. The summed E-state index contributed by atoms with van der Waals surface area (Å²) in [4.78, 5) is 78.6. The Morgan fingerprint density at radius 3 is 2.58 bits per heavy atom. The van der Waals surface area contributed by atoms with Crippen LogP contribution in [0.1, 0.15) is 40.0 Å². The Hall–Kier alpha value is -2.87. The zero-order valence-corrected chi connectivity index (χ0v) is 21.8. The van der Waals surface area contributed by atoms with Gasteiger partial charge in [0.25, 0.3) is 0 Å². The lowest BCUT2D eigenvalue weighted by Gasteiger charge is -2.43. The number of thioether (sulfide) groups is 1. The number of hydrogen-bond acceptors (Lipinski definition) is 7. The molecule has 0 saturated carbocycles. The van der Waals surface area contributed by atoms with E-state index in [0.29, 0.717) is 24.3 Å². The molecular formula is C22H29N5O7S2. The minimum absolute atomic E-state index is 0.0655. The molecule has 4 atom stereocenters. The summed E-state index contributed by atoms with van der Waals surface area (Å²) in [5, 5.41) is 13.6. The molecule has 1 unspecified atom stereocenters. The van der Waals surface area contributed by atoms with Gasteiger partial charge in [0, 0.05) is 29.3 Å². The number of carboxylic acids is 1. The molecule has 4 aliphatic rings. The second-order valence-corrected chi connectivity index (χ2v) is 12.9. The van der Waals surface area contributed by atoms with Crippen molar-refractivity contribution in [1.82, 2.24) is 24.7 Å².